The molecule has 1 aromatic carbocycles. The smallest absolute Gasteiger partial charge is 0.220 e. The van der Waals surface area contributed by atoms with Crippen molar-refractivity contribution in [2.45, 2.75) is 57.8 Å². The van der Waals surface area contributed by atoms with E-state index >= 15 is 0 Å². The van der Waals surface area contributed by atoms with Gasteiger partial charge in [-0.15, -0.1) is 0 Å². The number of ketones is 1. The van der Waals surface area contributed by atoms with Crippen LogP contribution in [0, 0.1) is 23.2 Å². The average Bonchev–Trinajstić information content (AvgIpc) is 2.92. The Hall–Kier alpha value is -1.88. The van der Waals surface area contributed by atoms with Gasteiger partial charge in [-0.3, -0.25) is 9.59 Å². The highest BCUT2D eigenvalue weighted by molar-refractivity contribution is 5.93. The van der Waals surface area contributed by atoms with Crippen molar-refractivity contribution in [2.24, 2.45) is 28.9 Å². The van der Waals surface area contributed by atoms with Crippen LogP contribution in [0.4, 0.5) is 0 Å². The summed E-state index contributed by atoms with van der Waals surface area (Å²) in [5.74, 6) is 1.83. The Morgan fingerprint density at radius 1 is 1.36 bits per heavy atom. The van der Waals surface area contributed by atoms with Crippen LogP contribution in [-0.2, 0) is 16.0 Å². The minimum absolute atomic E-state index is 0.0185. The van der Waals surface area contributed by atoms with E-state index in [1.165, 1.54) is 11.1 Å². The van der Waals surface area contributed by atoms with Crippen LogP contribution in [0.15, 0.2) is 18.2 Å². The first-order valence-electron chi connectivity index (χ1n) is 10.8. The van der Waals surface area contributed by atoms with Gasteiger partial charge in [-0.25, -0.2) is 0 Å². The molecular weight excluding hydrogens is 352 g/mol. The van der Waals surface area contributed by atoms with E-state index in [-0.39, 0.29) is 17.2 Å². The molecule has 3 aliphatic rings. The number of carbonyl (C=O) groups excluding carboxylic acids is 2. The second-order valence-electron chi connectivity index (χ2n) is 9.25. The van der Waals surface area contributed by atoms with Gasteiger partial charge in [0, 0.05) is 24.3 Å². The summed E-state index contributed by atoms with van der Waals surface area (Å²) >= 11 is 0. The van der Waals surface area contributed by atoms with Crippen LogP contribution < -0.4 is 11.1 Å². The van der Waals surface area contributed by atoms with Crippen molar-refractivity contribution in [2.75, 3.05) is 13.1 Å². The molecule has 0 aromatic heterocycles. The fraction of sp³-hybridized carbons (Fsp3) is 0.652. The molecule has 3 aliphatic carbocycles. The van der Waals surface area contributed by atoms with Gasteiger partial charge in [0.05, 0.1) is 0 Å². The lowest BCUT2D eigenvalue weighted by molar-refractivity contribution is -0.134. The SMILES string of the molecule is C[C@]12CC[C@@H]3c4ccc(O)cc4CC[C@H]3[C@@H]1CC(CC(=O)NCCCN)C2=O. The maximum atomic E-state index is 13.3. The van der Waals surface area contributed by atoms with Crippen LogP contribution in [0.2, 0.25) is 0 Å². The van der Waals surface area contributed by atoms with Gasteiger partial charge in [-0.05, 0) is 86.1 Å². The lowest BCUT2D eigenvalue weighted by Crippen LogP contribution is -2.42. The van der Waals surface area contributed by atoms with Crippen LogP contribution in [0.25, 0.3) is 0 Å². The molecule has 4 rings (SSSR count). The molecule has 0 spiro atoms. The first-order valence-corrected chi connectivity index (χ1v) is 10.8. The van der Waals surface area contributed by atoms with Crippen LogP contribution >= 0.6 is 0 Å². The predicted octanol–water partition coefficient (Wildman–Crippen LogP) is 2.90. The maximum absolute atomic E-state index is 13.3. The summed E-state index contributed by atoms with van der Waals surface area (Å²) in [7, 11) is 0. The Bertz CT molecular complexity index is 777. The van der Waals surface area contributed by atoms with E-state index in [0.717, 1.165) is 38.5 Å². The van der Waals surface area contributed by atoms with E-state index in [1.807, 2.05) is 6.07 Å². The molecule has 0 aliphatic heterocycles. The van der Waals surface area contributed by atoms with Crippen LogP contribution in [0.5, 0.6) is 5.75 Å². The number of hydrogen-bond acceptors (Lipinski definition) is 4. The second kappa shape index (κ2) is 7.51. The Balaban J connectivity index is 1.50. The number of benzene rings is 1. The number of phenols is 1. The third-order valence-electron chi connectivity index (χ3n) is 7.71. The van der Waals surface area contributed by atoms with Crippen molar-refractivity contribution < 1.29 is 14.7 Å². The van der Waals surface area contributed by atoms with Crippen molar-refractivity contribution in [1.82, 2.24) is 5.32 Å². The maximum Gasteiger partial charge on any atom is 0.220 e. The van der Waals surface area contributed by atoms with Crippen molar-refractivity contribution in [3.05, 3.63) is 29.3 Å². The number of aryl methyl sites for hydroxylation is 1. The summed E-state index contributed by atoms with van der Waals surface area (Å²) in [6, 6.07) is 5.79. The number of nitrogens with one attached hydrogen (secondary N) is 1. The molecule has 5 nitrogen and oxygen atoms in total. The van der Waals surface area contributed by atoms with Gasteiger partial charge >= 0.3 is 0 Å². The highest BCUT2D eigenvalue weighted by Crippen LogP contribution is 2.61. The number of phenolic OH excluding ortho intramolecular Hbond substituents is 1. The molecule has 5 heteroatoms. The van der Waals surface area contributed by atoms with Gasteiger partial charge in [0.2, 0.25) is 5.91 Å². The minimum Gasteiger partial charge on any atom is -0.508 e. The molecule has 0 saturated heterocycles. The van der Waals surface area contributed by atoms with E-state index in [2.05, 4.69) is 18.3 Å². The standard InChI is InChI=1S/C23H32N2O3/c1-23-8-7-18-17-6-4-16(26)11-14(17)3-5-19(18)20(23)12-15(22(23)28)13-21(27)25-10-2-9-24/h4,6,11,15,18-20,26H,2-3,5,7-10,12-13,24H2,1H3,(H,25,27)/t15?,18-,19-,20+,23+/m1/s1. The van der Waals surface area contributed by atoms with Crippen LogP contribution in [-0.4, -0.2) is 29.9 Å². The predicted molar refractivity (Wildman–Crippen MR) is 108 cm³/mol. The van der Waals surface area contributed by atoms with E-state index < -0.39 is 0 Å². The van der Waals surface area contributed by atoms with E-state index in [0.29, 0.717) is 48.8 Å². The number of Topliss-reactive ketones (excluding diaryl/α,β-unsaturated/α-hetero) is 1. The molecule has 4 N–H and O–H groups in total. The molecule has 1 aromatic rings. The third-order valence-corrected chi connectivity index (χ3v) is 7.71. The lowest BCUT2D eigenvalue weighted by Gasteiger charge is -2.48. The normalized spacial score (nSPS) is 33.7. The van der Waals surface area contributed by atoms with Gasteiger partial charge in [0.25, 0.3) is 0 Å². The van der Waals surface area contributed by atoms with Crippen molar-refractivity contribution in [3.63, 3.8) is 0 Å². The summed E-state index contributed by atoms with van der Waals surface area (Å²) in [4.78, 5) is 25.5. The van der Waals surface area contributed by atoms with E-state index in [4.69, 9.17) is 5.73 Å². The number of aromatic hydroxyl groups is 1. The molecular formula is C23H32N2O3. The van der Waals surface area contributed by atoms with Gasteiger partial charge in [0.15, 0.2) is 0 Å². The first kappa shape index (κ1) is 19.4. The molecule has 5 atom stereocenters. The molecule has 1 unspecified atom stereocenters. The molecule has 1 amide bonds. The first-order chi connectivity index (χ1) is 13.4. The molecule has 0 bridgehead atoms. The topological polar surface area (TPSA) is 92.4 Å². The molecule has 0 radical (unpaired) electrons. The Morgan fingerprint density at radius 2 is 2.18 bits per heavy atom. The quantitative estimate of drug-likeness (QED) is 0.681. The molecule has 152 valence electrons. The summed E-state index contributed by atoms with van der Waals surface area (Å²) in [6.07, 6.45) is 5.90. The van der Waals surface area contributed by atoms with E-state index in [9.17, 15) is 14.7 Å². The highest BCUT2D eigenvalue weighted by atomic mass is 16.3. The third kappa shape index (κ3) is 3.24. The zero-order valence-electron chi connectivity index (χ0n) is 16.7. The highest BCUT2D eigenvalue weighted by Gasteiger charge is 2.58. The number of carbonyl (C=O) groups is 2. The number of fused-ring (bicyclic) bond motifs is 5. The molecule has 28 heavy (non-hydrogen) atoms. The average molecular weight is 385 g/mol. The summed E-state index contributed by atoms with van der Waals surface area (Å²) in [6.45, 7) is 3.30. The van der Waals surface area contributed by atoms with Gasteiger partial charge < -0.3 is 16.2 Å². The second-order valence-corrected chi connectivity index (χ2v) is 9.25. The van der Waals surface area contributed by atoms with Crippen molar-refractivity contribution in [1.29, 1.82) is 0 Å². The molecule has 0 heterocycles. The van der Waals surface area contributed by atoms with Crippen molar-refractivity contribution >= 4 is 11.7 Å². The zero-order valence-corrected chi connectivity index (χ0v) is 16.7. The Kier molecular flexibility index (Phi) is 5.21. The monoisotopic (exact) mass is 384 g/mol. The van der Waals surface area contributed by atoms with E-state index in [1.54, 1.807) is 6.07 Å². The van der Waals surface area contributed by atoms with Gasteiger partial charge in [0.1, 0.15) is 11.5 Å². The number of rotatable bonds is 5. The van der Waals surface area contributed by atoms with Crippen molar-refractivity contribution in [3.8, 4) is 5.75 Å². The summed E-state index contributed by atoms with van der Waals surface area (Å²) in [5.41, 5.74) is 7.84. The number of amides is 1. The fourth-order valence-corrected chi connectivity index (χ4v) is 6.31. The summed E-state index contributed by atoms with van der Waals surface area (Å²) < 4.78 is 0. The molecule has 2 saturated carbocycles. The lowest BCUT2D eigenvalue weighted by atomic mass is 9.55. The van der Waals surface area contributed by atoms with Gasteiger partial charge in [-0.2, -0.15) is 0 Å². The fourth-order valence-electron chi connectivity index (χ4n) is 6.31. The van der Waals surface area contributed by atoms with Gasteiger partial charge in [-0.1, -0.05) is 13.0 Å². The Labute approximate surface area is 167 Å². The Morgan fingerprint density at radius 3 is 2.96 bits per heavy atom. The largest absolute Gasteiger partial charge is 0.508 e. The number of nitrogens with two attached hydrogens (primary N) is 1. The van der Waals surface area contributed by atoms with Crippen LogP contribution in [0.3, 0.4) is 0 Å². The zero-order chi connectivity index (χ0) is 19.9. The van der Waals surface area contributed by atoms with Crippen LogP contribution in [0.1, 0.15) is 62.5 Å². The molecule has 2 fully saturated rings. The number of hydrogen-bond donors (Lipinski definition) is 3. The minimum atomic E-state index is -0.280. The summed E-state index contributed by atoms with van der Waals surface area (Å²) in [5, 5.41) is 12.7.